The van der Waals surface area contributed by atoms with Gasteiger partial charge in [-0.25, -0.2) is 4.39 Å². The second kappa shape index (κ2) is 11.9. The molecule has 2 aromatic carbocycles. The number of hydrogen-bond donors (Lipinski definition) is 2. The predicted octanol–water partition coefficient (Wildman–Crippen LogP) is 4.62. The summed E-state index contributed by atoms with van der Waals surface area (Å²) >= 11 is 0. The van der Waals surface area contributed by atoms with Crippen LogP contribution in [-0.2, 0) is 4.79 Å². The molecule has 2 N–H and O–H groups in total. The van der Waals surface area contributed by atoms with Gasteiger partial charge in [0, 0.05) is 29.7 Å². The highest BCUT2D eigenvalue weighted by Gasteiger charge is 2.33. The minimum absolute atomic E-state index is 0.181. The standard InChI is InChI=1S/C27H27FN4O3/c1-17(2)14-31-26(18-5-4-10-30-15-18)25(23-8-7-22(35-3)12-20(23)16-33)27(34)32-21-6-9-24(28)19(11-21)13-29/h4-12,15-17,25-26,31H,14H2,1-3H3,(H,32,34)/t25-,26+/m1/s1. The first-order valence-electron chi connectivity index (χ1n) is 11.1. The molecule has 3 aromatic rings. The van der Waals surface area contributed by atoms with E-state index in [2.05, 4.69) is 29.5 Å². The minimum Gasteiger partial charge on any atom is -0.497 e. The first-order chi connectivity index (χ1) is 16.9. The highest BCUT2D eigenvalue weighted by Crippen LogP contribution is 2.35. The van der Waals surface area contributed by atoms with Gasteiger partial charge < -0.3 is 15.4 Å². The molecule has 1 heterocycles. The van der Waals surface area contributed by atoms with Gasteiger partial charge in [0.2, 0.25) is 5.91 Å². The number of amides is 1. The van der Waals surface area contributed by atoms with Crippen molar-refractivity contribution in [2.45, 2.75) is 25.8 Å². The molecule has 180 valence electrons. The first-order valence-corrected chi connectivity index (χ1v) is 11.1. The Morgan fingerprint density at radius 3 is 2.66 bits per heavy atom. The molecule has 0 unspecified atom stereocenters. The molecule has 0 spiro atoms. The van der Waals surface area contributed by atoms with Gasteiger partial charge in [0.1, 0.15) is 23.9 Å². The molecule has 1 aromatic heterocycles. The number of pyridine rings is 1. The molecule has 0 fully saturated rings. The third-order valence-corrected chi connectivity index (χ3v) is 5.52. The number of carbonyl (C=O) groups is 2. The average Bonchev–Trinajstić information content (AvgIpc) is 2.87. The zero-order valence-electron chi connectivity index (χ0n) is 19.8. The minimum atomic E-state index is -0.861. The largest absolute Gasteiger partial charge is 0.497 e. The van der Waals surface area contributed by atoms with Crippen LogP contribution in [0.3, 0.4) is 0 Å². The molecule has 0 aliphatic rings. The monoisotopic (exact) mass is 474 g/mol. The SMILES string of the molecule is COc1ccc([C@@H](C(=O)Nc2ccc(F)c(C#N)c2)[C@@H](NCC(C)C)c2cccnc2)c(C=O)c1. The molecule has 0 radical (unpaired) electrons. The summed E-state index contributed by atoms with van der Waals surface area (Å²) in [5.74, 6) is -1.19. The number of hydrogen-bond acceptors (Lipinski definition) is 6. The number of ether oxygens (including phenoxy) is 1. The molecule has 0 saturated carbocycles. The number of nitrogens with one attached hydrogen (secondary N) is 2. The van der Waals surface area contributed by atoms with Gasteiger partial charge >= 0.3 is 0 Å². The summed E-state index contributed by atoms with van der Waals surface area (Å²) in [5, 5.41) is 15.4. The number of rotatable bonds is 10. The molecule has 8 heteroatoms. The van der Waals surface area contributed by atoms with Crippen molar-refractivity contribution >= 4 is 17.9 Å². The Morgan fingerprint density at radius 2 is 2.03 bits per heavy atom. The normalized spacial score (nSPS) is 12.5. The lowest BCUT2D eigenvalue weighted by Crippen LogP contribution is -2.36. The van der Waals surface area contributed by atoms with Crippen molar-refractivity contribution in [2.24, 2.45) is 5.92 Å². The number of methoxy groups -OCH3 is 1. The molecule has 0 saturated heterocycles. The lowest BCUT2D eigenvalue weighted by Gasteiger charge is -2.30. The average molecular weight is 475 g/mol. The summed E-state index contributed by atoms with van der Waals surface area (Å²) in [7, 11) is 1.50. The Labute approximate surface area is 204 Å². The van der Waals surface area contributed by atoms with Crippen molar-refractivity contribution in [3.8, 4) is 11.8 Å². The van der Waals surface area contributed by atoms with E-state index in [4.69, 9.17) is 4.74 Å². The highest BCUT2D eigenvalue weighted by atomic mass is 19.1. The van der Waals surface area contributed by atoms with Crippen LogP contribution in [0.4, 0.5) is 10.1 Å². The van der Waals surface area contributed by atoms with Crippen LogP contribution < -0.4 is 15.4 Å². The van der Waals surface area contributed by atoms with Gasteiger partial charge in [0.15, 0.2) is 0 Å². The van der Waals surface area contributed by atoms with Gasteiger partial charge in [0.05, 0.1) is 18.6 Å². The van der Waals surface area contributed by atoms with E-state index < -0.39 is 23.7 Å². The molecule has 7 nitrogen and oxygen atoms in total. The van der Waals surface area contributed by atoms with Crippen molar-refractivity contribution in [2.75, 3.05) is 19.0 Å². The fourth-order valence-corrected chi connectivity index (χ4v) is 3.80. The number of halogens is 1. The maximum atomic E-state index is 13.8. The Bertz CT molecular complexity index is 1220. The molecule has 3 rings (SSSR count). The number of carbonyl (C=O) groups excluding carboxylic acids is 2. The number of aldehydes is 1. The van der Waals surface area contributed by atoms with E-state index in [1.165, 1.54) is 19.2 Å². The molecular formula is C27H27FN4O3. The summed E-state index contributed by atoms with van der Waals surface area (Å²) in [5.41, 5.74) is 1.65. The molecule has 0 aliphatic heterocycles. The fraction of sp³-hybridized carbons (Fsp3) is 0.259. The van der Waals surface area contributed by atoms with Crippen molar-refractivity contribution < 1.29 is 18.7 Å². The van der Waals surface area contributed by atoms with E-state index in [0.717, 1.165) is 11.6 Å². The van der Waals surface area contributed by atoms with Crippen LogP contribution in [-0.4, -0.2) is 30.8 Å². The lowest BCUT2D eigenvalue weighted by atomic mass is 9.84. The summed E-state index contributed by atoms with van der Waals surface area (Å²) in [4.78, 5) is 30.0. The topological polar surface area (TPSA) is 104 Å². The smallest absolute Gasteiger partial charge is 0.233 e. The molecule has 1 amide bonds. The summed E-state index contributed by atoms with van der Waals surface area (Å²) < 4.78 is 19.1. The van der Waals surface area contributed by atoms with Gasteiger partial charge in [-0.1, -0.05) is 26.0 Å². The molecular weight excluding hydrogens is 447 g/mol. The maximum absolute atomic E-state index is 13.8. The van der Waals surface area contributed by atoms with E-state index in [-0.39, 0.29) is 17.2 Å². The van der Waals surface area contributed by atoms with Crippen LogP contribution in [0.1, 0.15) is 52.9 Å². The van der Waals surface area contributed by atoms with Crippen LogP contribution in [0.5, 0.6) is 5.75 Å². The van der Waals surface area contributed by atoms with E-state index in [9.17, 15) is 19.2 Å². The van der Waals surface area contributed by atoms with Gasteiger partial charge in [-0.3, -0.25) is 14.6 Å². The summed E-state index contributed by atoms with van der Waals surface area (Å²) in [6, 6.07) is 13.6. The third kappa shape index (κ3) is 6.28. The van der Waals surface area contributed by atoms with E-state index >= 15 is 0 Å². The number of benzene rings is 2. The van der Waals surface area contributed by atoms with Crippen molar-refractivity contribution in [3.05, 3.63) is 89.0 Å². The second-order valence-electron chi connectivity index (χ2n) is 8.45. The first kappa shape index (κ1) is 25.5. The van der Waals surface area contributed by atoms with Crippen LogP contribution in [0.15, 0.2) is 60.9 Å². The third-order valence-electron chi connectivity index (χ3n) is 5.52. The van der Waals surface area contributed by atoms with Gasteiger partial charge in [-0.15, -0.1) is 0 Å². The second-order valence-corrected chi connectivity index (χ2v) is 8.45. The van der Waals surface area contributed by atoms with Crippen LogP contribution >= 0.6 is 0 Å². The number of nitrogens with zero attached hydrogens (tertiary/aromatic N) is 2. The number of aromatic nitrogens is 1. The van der Waals surface area contributed by atoms with Crippen LogP contribution in [0.25, 0.3) is 0 Å². The maximum Gasteiger partial charge on any atom is 0.233 e. The lowest BCUT2D eigenvalue weighted by molar-refractivity contribution is -0.118. The van der Waals surface area contributed by atoms with Crippen LogP contribution in [0, 0.1) is 23.1 Å². The van der Waals surface area contributed by atoms with E-state index in [1.807, 2.05) is 6.07 Å². The Kier molecular flexibility index (Phi) is 8.65. The predicted molar refractivity (Wildman–Crippen MR) is 131 cm³/mol. The Balaban J connectivity index is 2.13. The highest BCUT2D eigenvalue weighted by molar-refractivity contribution is 5.98. The van der Waals surface area contributed by atoms with Crippen molar-refractivity contribution in [3.63, 3.8) is 0 Å². The zero-order valence-corrected chi connectivity index (χ0v) is 19.8. The summed E-state index contributed by atoms with van der Waals surface area (Å²) in [6.45, 7) is 4.70. The van der Waals surface area contributed by atoms with Crippen molar-refractivity contribution in [1.82, 2.24) is 10.3 Å². The van der Waals surface area contributed by atoms with E-state index in [0.29, 0.717) is 29.7 Å². The Morgan fingerprint density at radius 1 is 1.23 bits per heavy atom. The number of nitriles is 1. The quantitative estimate of drug-likeness (QED) is 0.416. The molecule has 35 heavy (non-hydrogen) atoms. The summed E-state index contributed by atoms with van der Waals surface area (Å²) in [6.07, 6.45) is 4.00. The van der Waals surface area contributed by atoms with Gasteiger partial charge in [-0.2, -0.15) is 5.26 Å². The zero-order chi connectivity index (χ0) is 25.4. The van der Waals surface area contributed by atoms with Crippen molar-refractivity contribution in [1.29, 1.82) is 5.26 Å². The number of anilines is 1. The Hall–Kier alpha value is -4.09. The van der Waals surface area contributed by atoms with E-state index in [1.54, 1.807) is 42.7 Å². The van der Waals surface area contributed by atoms with Gasteiger partial charge in [0.25, 0.3) is 0 Å². The molecule has 2 atom stereocenters. The van der Waals surface area contributed by atoms with Crippen LogP contribution in [0.2, 0.25) is 0 Å². The molecule has 0 aliphatic carbocycles. The van der Waals surface area contributed by atoms with Gasteiger partial charge in [-0.05, 0) is 60.0 Å². The molecule has 0 bridgehead atoms. The fourth-order valence-electron chi connectivity index (χ4n) is 3.80.